The van der Waals surface area contributed by atoms with Crippen LogP contribution in [-0.2, 0) is 10.0 Å². The molecule has 0 aliphatic carbocycles. The van der Waals surface area contributed by atoms with E-state index in [1.54, 1.807) is 0 Å². The van der Waals surface area contributed by atoms with Crippen molar-refractivity contribution >= 4 is 38.9 Å². The zero-order valence-corrected chi connectivity index (χ0v) is 17.0. The van der Waals surface area contributed by atoms with Gasteiger partial charge >= 0.3 is 0 Å². The maximum absolute atomic E-state index is 14.4. The molecule has 0 aliphatic rings. The van der Waals surface area contributed by atoms with E-state index in [2.05, 4.69) is 15.6 Å². The Hall–Kier alpha value is -3.35. The zero-order valence-electron chi connectivity index (χ0n) is 15.4. The number of rotatable bonds is 6. The van der Waals surface area contributed by atoms with Crippen LogP contribution in [0.2, 0.25) is 0 Å². The number of hydrogen-bond acceptors (Lipinski definition) is 7. The number of sulfonamides is 1. The van der Waals surface area contributed by atoms with Gasteiger partial charge in [-0.25, -0.2) is 17.9 Å². The third-order valence-corrected chi connectivity index (χ3v) is 5.75. The summed E-state index contributed by atoms with van der Waals surface area (Å²) in [5, 5.41) is 11.3. The maximum Gasteiger partial charge on any atom is 0.269 e. The van der Waals surface area contributed by atoms with E-state index < -0.39 is 27.7 Å². The van der Waals surface area contributed by atoms with E-state index >= 15 is 0 Å². The van der Waals surface area contributed by atoms with Crippen LogP contribution in [0.3, 0.4) is 0 Å². The largest absolute Gasteiger partial charge is 0.454 e. The molecule has 0 bridgehead atoms. The van der Waals surface area contributed by atoms with Crippen molar-refractivity contribution in [3.8, 4) is 11.5 Å². The number of primary sulfonamides is 1. The van der Waals surface area contributed by atoms with E-state index in [4.69, 9.17) is 9.88 Å². The second-order valence-electron chi connectivity index (χ2n) is 5.82. The first-order valence-corrected chi connectivity index (χ1v) is 10.7. The predicted octanol–water partition coefficient (Wildman–Crippen LogP) is 2.33. The highest BCUT2D eigenvalue weighted by atomic mass is 32.2. The number of nitrogens with two attached hydrogens (primary N) is 1. The van der Waals surface area contributed by atoms with Crippen LogP contribution in [0.4, 0.5) is 10.1 Å². The average molecular weight is 450 g/mol. The number of amides is 2. The maximum atomic E-state index is 14.4. The number of carbonyl (C=O) groups is 2. The van der Waals surface area contributed by atoms with E-state index in [9.17, 15) is 22.4 Å². The van der Waals surface area contributed by atoms with E-state index in [0.29, 0.717) is 0 Å². The molecule has 30 heavy (non-hydrogen) atoms. The number of hydrogen-bond donors (Lipinski definition) is 3. The summed E-state index contributed by atoms with van der Waals surface area (Å²) in [5.74, 6) is -1.92. The molecule has 0 aliphatic heterocycles. The van der Waals surface area contributed by atoms with Gasteiger partial charge in [0.05, 0.1) is 0 Å². The van der Waals surface area contributed by atoms with Crippen LogP contribution < -0.4 is 20.5 Å². The minimum absolute atomic E-state index is 0.0828. The molecule has 0 fully saturated rings. The second-order valence-corrected chi connectivity index (χ2v) is 8.26. The molecule has 2 aromatic heterocycles. The highest BCUT2D eigenvalue weighted by Gasteiger charge is 2.21. The molecule has 1 aromatic carbocycles. The SMILES string of the molecule is CNC(=O)c1cc(Oc2ccc(NC(=O)c3sccc3S(N)(=O)=O)cc2F)ccn1. The number of halogens is 1. The van der Waals surface area contributed by atoms with Gasteiger partial charge in [0, 0.05) is 31.1 Å². The lowest BCUT2D eigenvalue weighted by molar-refractivity contribution is 0.0957. The van der Waals surface area contributed by atoms with Crippen molar-refractivity contribution in [1.82, 2.24) is 10.3 Å². The molecule has 3 rings (SSSR count). The molecule has 9 nitrogen and oxygen atoms in total. The number of ether oxygens (including phenoxy) is 1. The normalized spacial score (nSPS) is 11.0. The fraction of sp³-hybridized carbons (Fsp3) is 0.0556. The monoisotopic (exact) mass is 450 g/mol. The number of pyridine rings is 1. The zero-order chi connectivity index (χ0) is 21.9. The number of benzene rings is 1. The van der Waals surface area contributed by atoms with Gasteiger partial charge in [-0.05, 0) is 29.6 Å². The Morgan fingerprint density at radius 2 is 1.93 bits per heavy atom. The van der Waals surface area contributed by atoms with Crippen LogP contribution in [0.15, 0.2) is 52.9 Å². The van der Waals surface area contributed by atoms with Crippen LogP contribution in [0.5, 0.6) is 11.5 Å². The second kappa shape index (κ2) is 8.57. The summed E-state index contributed by atoms with van der Waals surface area (Å²) >= 11 is 0.890. The van der Waals surface area contributed by atoms with Crippen LogP contribution >= 0.6 is 11.3 Å². The lowest BCUT2D eigenvalue weighted by atomic mass is 10.2. The number of nitrogens with zero attached hydrogens (tertiary/aromatic N) is 1. The number of aromatic nitrogens is 1. The topological polar surface area (TPSA) is 140 Å². The highest BCUT2D eigenvalue weighted by molar-refractivity contribution is 7.89. The van der Waals surface area contributed by atoms with Crippen molar-refractivity contribution in [3.05, 3.63) is 64.4 Å². The third kappa shape index (κ3) is 4.79. The van der Waals surface area contributed by atoms with Gasteiger partial charge in [0.15, 0.2) is 11.6 Å². The van der Waals surface area contributed by atoms with Gasteiger partial charge in [-0.15, -0.1) is 11.3 Å². The number of anilines is 1. The number of carbonyl (C=O) groups excluding carboxylic acids is 2. The Balaban J connectivity index is 1.77. The summed E-state index contributed by atoms with van der Waals surface area (Å²) in [6.07, 6.45) is 1.34. The lowest BCUT2D eigenvalue weighted by Gasteiger charge is -2.10. The van der Waals surface area contributed by atoms with Crippen LogP contribution in [0.1, 0.15) is 20.2 Å². The quantitative estimate of drug-likeness (QED) is 0.526. The van der Waals surface area contributed by atoms with Crippen LogP contribution in [-0.4, -0.2) is 32.3 Å². The van der Waals surface area contributed by atoms with Gasteiger partial charge in [-0.1, -0.05) is 0 Å². The number of thiophene rings is 1. The van der Waals surface area contributed by atoms with Gasteiger partial charge in [-0.3, -0.25) is 14.6 Å². The van der Waals surface area contributed by atoms with Crippen molar-refractivity contribution in [2.24, 2.45) is 5.14 Å². The van der Waals surface area contributed by atoms with Crippen LogP contribution in [0.25, 0.3) is 0 Å². The Labute approximate surface area is 174 Å². The van der Waals surface area contributed by atoms with Crippen molar-refractivity contribution in [2.75, 3.05) is 12.4 Å². The molecule has 2 heterocycles. The fourth-order valence-electron chi connectivity index (χ4n) is 2.39. The van der Waals surface area contributed by atoms with Gasteiger partial charge in [0.25, 0.3) is 11.8 Å². The Kier molecular flexibility index (Phi) is 6.10. The van der Waals surface area contributed by atoms with Gasteiger partial charge in [0.1, 0.15) is 21.2 Å². The predicted molar refractivity (Wildman–Crippen MR) is 108 cm³/mol. The first-order valence-electron chi connectivity index (χ1n) is 8.26. The molecule has 0 spiro atoms. The summed E-state index contributed by atoms with van der Waals surface area (Å²) in [5.41, 5.74) is 0.181. The Bertz CT molecular complexity index is 1230. The summed E-state index contributed by atoms with van der Waals surface area (Å²) in [7, 11) is -2.62. The average Bonchev–Trinajstić information content (AvgIpc) is 3.20. The first-order chi connectivity index (χ1) is 14.2. The minimum atomic E-state index is -4.07. The molecule has 156 valence electrons. The molecule has 0 atom stereocenters. The first kappa shape index (κ1) is 21.4. The van der Waals surface area contributed by atoms with Crippen LogP contribution in [0, 0.1) is 5.82 Å². The molecule has 4 N–H and O–H groups in total. The molecule has 0 saturated heterocycles. The van der Waals surface area contributed by atoms with Gasteiger partial charge in [0.2, 0.25) is 10.0 Å². The van der Waals surface area contributed by atoms with E-state index in [1.807, 2.05) is 0 Å². The van der Waals surface area contributed by atoms with Crippen molar-refractivity contribution < 1.29 is 27.1 Å². The molecule has 12 heteroatoms. The van der Waals surface area contributed by atoms with Crippen molar-refractivity contribution in [1.29, 1.82) is 0 Å². The number of nitrogens with one attached hydrogen (secondary N) is 2. The highest BCUT2D eigenvalue weighted by Crippen LogP contribution is 2.28. The molecule has 0 saturated carbocycles. The van der Waals surface area contributed by atoms with Crippen molar-refractivity contribution in [2.45, 2.75) is 4.90 Å². The summed E-state index contributed by atoms with van der Waals surface area (Å²) < 4.78 is 42.9. The smallest absolute Gasteiger partial charge is 0.269 e. The molecule has 0 unspecified atom stereocenters. The lowest BCUT2D eigenvalue weighted by Crippen LogP contribution is -2.19. The Morgan fingerprint density at radius 1 is 1.17 bits per heavy atom. The summed E-state index contributed by atoms with van der Waals surface area (Å²) in [6, 6.07) is 7.68. The molecule has 0 radical (unpaired) electrons. The minimum Gasteiger partial charge on any atom is -0.454 e. The summed E-state index contributed by atoms with van der Waals surface area (Å²) in [6.45, 7) is 0. The Morgan fingerprint density at radius 3 is 2.60 bits per heavy atom. The molecule has 3 aromatic rings. The van der Waals surface area contributed by atoms with E-state index in [-0.39, 0.29) is 32.7 Å². The fourth-order valence-corrected chi connectivity index (χ4v) is 4.26. The third-order valence-electron chi connectivity index (χ3n) is 3.75. The summed E-state index contributed by atoms with van der Waals surface area (Å²) in [4.78, 5) is 27.4. The standard InChI is InChI=1S/C18H15FN4O5S2/c1-21-17(24)13-9-11(4-6-22-13)28-14-3-2-10(8-12(14)19)23-18(25)16-15(5-7-29-16)30(20,26)27/h2-9H,1H3,(H,21,24)(H,23,25)(H2,20,26,27). The van der Waals surface area contributed by atoms with Gasteiger partial charge in [-0.2, -0.15) is 0 Å². The molecule has 2 amide bonds. The molecular weight excluding hydrogens is 435 g/mol. The van der Waals surface area contributed by atoms with Crippen molar-refractivity contribution in [3.63, 3.8) is 0 Å². The van der Waals surface area contributed by atoms with E-state index in [0.717, 1.165) is 17.4 Å². The molecular formula is C18H15FN4O5S2. The van der Waals surface area contributed by atoms with Gasteiger partial charge < -0.3 is 15.4 Å². The van der Waals surface area contributed by atoms with E-state index in [1.165, 1.54) is 49.0 Å².